The number of halogens is 1. The summed E-state index contributed by atoms with van der Waals surface area (Å²) in [6.07, 6.45) is 2.97. The molecule has 0 radical (unpaired) electrons. The molecule has 0 amide bonds. The van der Waals surface area contributed by atoms with Crippen LogP contribution in [0, 0.1) is 6.92 Å². The van der Waals surface area contributed by atoms with Gasteiger partial charge in [0.05, 0.1) is 12.8 Å². The van der Waals surface area contributed by atoms with Gasteiger partial charge in [-0.1, -0.05) is 0 Å². The predicted octanol–water partition coefficient (Wildman–Crippen LogP) is 0.0121. The van der Waals surface area contributed by atoms with Crippen LogP contribution in [0.5, 0.6) is 0 Å². The molecule has 3 N–H and O–H groups in total. The zero-order chi connectivity index (χ0) is 18.0. The minimum atomic E-state index is -3.26. The number of nitrogens with zero attached hydrogens (tertiary/aromatic N) is 4. The molecule has 1 atom stereocenters. The lowest BCUT2D eigenvalue weighted by Crippen LogP contribution is -2.54. The topological polar surface area (TPSA) is 113 Å². The third-order valence-electron chi connectivity index (χ3n) is 3.69. The Morgan fingerprint density at radius 1 is 1.44 bits per heavy atom. The van der Waals surface area contributed by atoms with Crippen molar-refractivity contribution in [2.75, 3.05) is 19.8 Å². The van der Waals surface area contributed by atoms with Crippen LogP contribution in [-0.2, 0) is 23.0 Å². The number of aryl methyl sites for hydroxylation is 2. The molecule has 0 aromatic carbocycles. The SMILES string of the molecule is CN=C(NCC(C)(C)NS(C)(=O)=O)NC1CCc2nc(C)nn2C1.I. The molecule has 0 bridgehead atoms. The van der Waals surface area contributed by atoms with E-state index in [9.17, 15) is 8.42 Å². The second-order valence-corrected chi connectivity index (χ2v) is 8.57. The maximum atomic E-state index is 11.4. The summed E-state index contributed by atoms with van der Waals surface area (Å²) in [6.45, 7) is 6.69. The molecule has 1 aliphatic heterocycles. The van der Waals surface area contributed by atoms with E-state index in [1.165, 1.54) is 0 Å². The van der Waals surface area contributed by atoms with Gasteiger partial charge in [0.1, 0.15) is 11.6 Å². The summed E-state index contributed by atoms with van der Waals surface area (Å²) < 4.78 is 27.3. The number of aliphatic imine (C=N–C) groups is 1. The first-order valence-corrected chi connectivity index (χ1v) is 9.83. The number of fused-ring (bicyclic) bond motifs is 1. The second-order valence-electron chi connectivity index (χ2n) is 6.82. The molecule has 25 heavy (non-hydrogen) atoms. The number of nitrogens with one attached hydrogen (secondary N) is 3. The molecule has 9 nitrogen and oxygen atoms in total. The highest BCUT2D eigenvalue weighted by Crippen LogP contribution is 2.12. The van der Waals surface area contributed by atoms with E-state index in [4.69, 9.17) is 0 Å². The molecule has 144 valence electrons. The molecule has 0 saturated heterocycles. The highest BCUT2D eigenvalue weighted by Gasteiger charge is 2.24. The van der Waals surface area contributed by atoms with Gasteiger partial charge < -0.3 is 10.6 Å². The third kappa shape index (κ3) is 7.05. The van der Waals surface area contributed by atoms with Gasteiger partial charge >= 0.3 is 0 Å². The first-order chi connectivity index (χ1) is 11.1. The van der Waals surface area contributed by atoms with Crippen molar-refractivity contribution in [3.63, 3.8) is 0 Å². The summed E-state index contributed by atoms with van der Waals surface area (Å²) in [6, 6.07) is 0.204. The summed E-state index contributed by atoms with van der Waals surface area (Å²) in [7, 11) is -1.57. The summed E-state index contributed by atoms with van der Waals surface area (Å²) >= 11 is 0. The molecular formula is C14H28IN7O2S. The Balaban J connectivity index is 0.00000312. The van der Waals surface area contributed by atoms with E-state index in [1.54, 1.807) is 7.05 Å². The molecule has 1 aromatic rings. The molecule has 0 spiro atoms. The van der Waals surface area contributed by atoms with Gasteiger partial charge in [-0.3, -0.25) is 4.99 Å². The largest absolute Gasteiger partial charge is 0.355 e. The third-order valence-corrected chi connectivity index (χ3v) is 4.61. The van der Waals surface area contributed by atoms with Crippen LogP contribution < -0.4 is 15.4 Å². The average molecular weight is 485 g/mol. The van der Waals surface area contributed by atoms with E-state index in [0.717, 1.165) is 37.3 Å². The van der Waals surface area contributed by atoms with Gasteiger partial charge in [-0.25, -0.2) is 22.8 Å². The lowest BCUT2D eigenvalue weighted by molar-refractivity contribution is 0.388. The van der Waals surface area contributed by atoms with Crippen LogP contribution in [0.15, 0.2) is 4.99 Å². The zero-order valence-electron chi connectivity index (χ0n) is 15.3. The Hall–Kier alpha value is -0.950. The van der Waals surface area contributed by atoms with Crippen molar-refractivity contribution in [3.8, 4) is 0 Å². The number of hydrogen-bond donors (Lipinski definition) is 3. The quantitative estimate of drug-likeness (QED) is 0.308. The lowest BCUT2D eigenvalue weighted by atomic mass is 10.1. The predicted molar refractivity (Wildman–Crippen MR) is 109 cm³/mol. The fourth-order valence-corrected chi connectivity index (χ4v) is 3.86. The van der Waals surface area contributed by atoms with Gasteiger partial charge in [0.2, 0.25) is 10.0 Å². The van der Waals surface area contributed by atoms with E-state index >= 15 is 0 Å². The van der Waals surface area contributed by atoms with Crippen molar-refractivity contribution in [1.29, 1.82) is 0 Å². The zero-order valence-corrected chi connectivity index (χ0v) is 18.5. The van der Waals surface area contributed by atoms with Crippen LogP contribution in [0.2, 0.25) is 0 Å². The fraction of sp³-hybridized carbons (Fsp3) is 0.786. The standard InChI is InChI=1S/C14H27N7O2S.HI/c1-10-17-12-7-6-11(8-21(12)19-10)18-13(15-4)16-9-14(2,3)20-24(5,22)23;/h11,20H,6-9H2,1-5H3,(H2,15,16,18);1H. The highest BCUT2D eigenvalue weighted by atomic mass is 127. The summed E-state index contributed by atoms with van der Waals surface area (Å²) in [5.41, 5.74) is -0.617. The molecule has 0 saturated carbocycles. The van der Waals surface area contributed by atoms with Gasteiger partial charge in [-0.15, -0.1) is 24.0 Å². The number of aromatic nitrogens is 3. The van der Waals surface area contributed by atoms with Crippen molar-refractivity contribution in [2.24, 2.45) is 4.99 Å². The maximum absolute atomic E-state index is 11.4. The first-order valence-electron chi connectivity index (χ1n) is 7.94. The minimum absolute atomic E-state index is 0. The Kier molecular flexibility index (Phi) is 7.62. The number of rotatable bonds is 5. The number of sulfonamides is 1. The van der Waals surface area contributed by atoms with E-state index in [0.29, 0.717) is 12.5 Å². The minimum Gasteiger partial charge on any atom is -0.355 e. The molecule has 2 heterocycles. The van der Waals surface area contributed by atoms with E-state index in [-0.39, 0.29) is 30.0 Å². The summed E-state index contributed by atoms with van der Waals surface area (Å²) in [5.74, 6) is 2.46. The molecule has 0 fully saturated rings. The molecule has 0 aliphatic carbocycles. The molecule has 1 aliphatic rings. The smallest absolute Gasteiger partial charge is 0.209 e. The van der Waals surface area contributed by atoms with Crippen molar-refractivity contribution in [1.82, 2.24) is 30.1 Å². The van der Waals surface area contributed by atoms with E-state index < -0.39 is 15.6 Å². The lowest BCUT2D eigenvalue weighted by Gasteiger charge is -2.29. The monoisotopic (exact) mass is 485 g/mol. The molecule has 2 rings (SSSR count). The van der Waals surface area contributed by atoms with Gasteiger partial charge in [0, 0.05) is 31.6 Å². The average Bonchev–Trinajstić information content (AvgIpc) is 2.80. The summed E-state index contributed by atoms with van der Waals surface area (Å²) in [5, 5.41) is 10.9. The van der Waals surface area contributed by atoms with Gasteiger partial charge in [0.25, 0.3) is 0 Å². The van der Waals surface area contributed by atoms with Gasteiger partial charge in [-0.05, 0) is 27.2 Å². The van der Waals surface area contributed by atoms with E-state index in [1.807, 2.05) is 25.5 Å². The molecular weight excluding hydrogens is 457 g/mol. The second kappa shape index (κ2) is 8.62. The molecule has 11 heteroatoms. The Bertz CT molecular complexity index is 715. The molecule has 1 unspecified atom stereocenters. The number of guanidine groups is 1. The van der Waals surface area contributed by atoms with Gasteiger partial charge in [0.15, 0.2) is 5.96 Å². The maximum Gasteiger partial charge on any atom is 0.209 e. The van der Waals surface area contributed by atoms with Crippen LogP contribution in [0.3, 0.4) is 0 Å². The Labute approximate surface area is 166 Å². The fourth-order valence-electron chi connectivity index (χ4n) is 2.78. The van der Waals surface area contributed by atoms with Crippen molar-refractivity contribution in [2.45, 2.75) is 51.7 Å². The van der Waals surface area contributed by atoms with Crippen molar-refractivity contribution in [3.05, 3.63) is 11.6 Å². The number of hydrogen-bond acceptors (Lipinski definition) is 5. The highest BCUT2D eigenvalue weighted by molar-refractivity contribution is 14.0. The van der Waals surface area contributed by atoms with Crippen LogP contribution in [-0.4, -0.2) is 60.6 Å². The van der Waals surface area contributed by atoms with Crippen LogP contribution in [0.4, 0.5) is 0 Å². The summed E-state index contributed by atoms with van der Waals surface area (Å²) in [4.78, 5) is 8.62. The normalized spacial score (nSPS) is 18.3. The molecule has 1 aromatic heterocycles. The van der Waals surface area contributed by atoms with Gasteiger partial charge in [-0.2, -0.15) is 5.10 Å². The Morgan fingerprint density at radius 2 is 2.12 bits per heavy atom. The van der Waals surface area contributed by atoms with Crippen LogP contribution in [0.25, 0.3) is 0 Å². The first kappa shape index (κ1) is 22.1. The van der Waals surface area contributed by atoms with Crippen molar-refractivity contribution >= 4 is 40.0 Å². The van der Waals surface area contributed by atoms with Crippen molar-refractivity contribution < 1.29 is 8.42 Å². The van der Waals surface area contributed by atoms with Crippen LogP contribution in [0.1, 0.15) is 31.9 Å². The van der Waals surface area contributed by atoms with Crippen LogP contribution >= 0.6 is 24.0 Å². The Morgan fingerprint density at radius 3 is 2.72 bits per heavy atom. The van der Waals surface area contributed by atoms with E-state index in [2.05, 4.69) is 30.4 Å².